The number of anilines is 1. The Bertz CT molecular complexity index is 441. The smallest absolute Gasteiger partial charge is 0.246 e. The van der Waals surface area contributed by atoms with Crippen LogP contribution < -0.4 is 16.8 Å². The molecule has 0 aliphatic rings. The number of primary amides is 2. The van der Waals surface area contributed by atoms with Crippen molar-refractivity contribution in [1.29, 1.82) is 0 Å². The molecule has 1 rings (SSSR count). The Balaban J connectivity index is 2.80. The molecule has 0 aliphatic heterocycles. The highest BCUT2D eigenvalue weighted by molar-refractivity contribution is 6.20. The van der Waals surface area contributed by atoms with Gasteiger partial charge >= 0.3 is 0 Å². The standard InChI is InChI=1S/C10H11N3O4/c11-8(15)7(9(12)16)10(17)13-5-1-3-6(14)4-2-5/h1-4,7,14H,(H2,11,15)(H2,12,16)(H,13,17). The van der Waals surface area contributed by atoms with E-state index in [1.807, 2.05) is 0 Å². The van der Waals surface area contributed by atoms with Gasteiger partial charge in [0.2, 0.25) is 17.7 Å². The van der Waals surface area contributed by atoms with Crippen molar-refractivity contribution in [3.05, 3.63) is 24.3 Å². The first-order chi connectivity index (χ1) is 7.91. The molecule has 0 heterocycles. The second kappa shape index (κ2) is 4.97. The van der Waals surface area contributed by atoms with Crippen LogP contribution in [-0.2, 0) is 14.4 Å². The minimum Gasteiger partial charge on any atom is -0.508 e. The highest BCUT2D eigenvalue weighted by Crippen LogP contribution is 2.14. The van der Waals surface area contributed by atoms with Crippen LogP contribution in [0.2, 0.25) is 0 Å². The number of phenols is 1. The van der Waals surface area contributed by atoms with Crippen molar-refractivity contribution in [3.8, 4) is 5.75 Å². The number of nitrogens with one attached hydrogen (secondary N) is 1. The van der Waals surface area contributed by atoms with E-state index in [0.717, 1.165) is 0 Å². The zero-order valence-electron chi connectivity index (χ0n) is 8.71. The van der Waals surface area contributed by atoms with Crippen molar-refractivity contribution in [2.24, 2.45) is 17.4 Å². The Hall–Kier alpha value is -2.57. The van der Waals surface area contributed by atoms with E-state index < -0.39 is 23.6 Å². The van der Waals surface area contributed by atoms with Gasteiger partial charge in [-0.1, -0.05) is 0 Å². The van der Waals surface area contributed by atoms with Crippen molar-refractivity contribution < 1.29 is 19.5 Å². The van der Waals surface area contributed by atoms with E-state index in [-0.39, 0.29) is 5.75 Å². The molecule has 1 aromatic rings. The van der Waals surface area contributed by atoms with Crippen molar-refractivity contribution >= 4 is 23.4 Å². The molecule has 0 fully saturated rings. The monoisotopic (exact) mass is 237 g/mol. The van der Waals surface area contributed by atoms with Crippen molar-refractivity contribution in [1.82, 2.24) is 0 Å². The second-order valence-corrected chi connectivity index (χ2v) is 3.27. The van der Waals surface area contributed by atoms with Crippen molar-refractivity contribution in [3.63, 3.8) is 0 Å². The SMILES string of the molecule is NC(=O)C(C(N)=O)C(=O)Nc1ccc(O)cc1. The minimum atomic E-state index is -1.72. The Labute approximate surface area is 96.4 Å². The Morgan fingerprint density at radius 3 is 1.94 bits per heavy atom. The normalized spacial score (nSPS) is 9.94. The highest BCUT2D eigenvalue weighted by Gasteiger charge is 2.30. The van der Waals surface area contributed by atoms with E-state index >= 15 is 0 Å². The summed E-state index contributed by atoms with van der Waals surface area (Å²) in [5.41, 5.74) is 10.1. The molecule has 0 aromatic heterocycles. The summed E-state index contributed by atoms with van der Waals surface area (Å²) >= 11 is 0. The topological polar surface area (TPSA) is 136 Å². The number of phenolic OH excluding ortho intramolecular Hbond substituents is 1. The molecular weight excluding hydrogens is 226 g/mol. The summed E-state index contributed by atoms with van der Waals surface area (Å²) < 4.78 is 0. The van der Waals surface area contributed by atoms with Gasteiger partial charge in [0.25, 0.3) is 0 Å². The lowest BCUT2D eigenvalue weighted by atomic mass is 10.1. The molecule has 90 valence electrons. The van der Waals surface area contributed by atoms with Crippen LogP contribution >= 0.6 is 0 Å². The van der Waals surface area contributed by atoms with Gasteiger partial charge in [0.05, 0.1) is 0 Å². The molecule has 0 atom stereocenters. The average Bonchev–Trinajstić information content (AvgIpc) is 2.20. The van der Waals surface area contributed by atoms with E-state index in [0.29, 0.717) is 5.69 Å². The molecule has 0 unspecified atom stereocenters. The first-order valence-electron chi connectivity index (χ1n) is 4.60. The molecule has 0 saturated heterocycles. The fourth-order valence-electron chi connectivity index (χ4n) is 1.16. The zero-order valence-corrected chi connectivity index (χ0v) is 8.71. The summed E-state index contributed by atoms with van der Waals surface area (Å²) in [6.07, 6.45) is 0. The van der Waals surface area contributed by atoms with Crippen LogP contribution in [0.5, 0.6) is 5.75 Å². The first-order valence-corrected chi connectivity index (χ1v) is 4.60. The predicted molar refractivity (Wildman–Crippen MR) is 58.6 cm³/mol. The van der Waals surface area contributed by atoms with E-state index in [2.05, 4.69) is 5.32 Å². The summed E-state index contributed by atoms with van der Waals surface area (Å²) in [6, 6.07) is 5.46. The van der Waals surface area contributed by atoms with Gasteiger partial charge in [-0.25, -0.2) is 0 Å². The number of hydrogen-bond acceptors (Lipinski definition) is 4. The number of hydrogen-bond donors (Lipinski definition) is 4. The van der Waals surface area contributed by atoms with Gasteiger partial charge in [0.15, 0.2) is 5.92 Å². The minimum absolute atomic E-state index is 0.0179. The Morgan fingerprint density at radius 1 is 1.06 bits per heavy atom. The molecule has 6 N–H and O–H groups in total. The van der Waals surface area contributed by atoms with Crippen LogP contribution in [0.1, 0.15) is 0 Å². The molecule has 0 spiro atoms. The largest absolute Gasteiger partial charge is 0.508 e. The summed E-state index contributed by atoms with van der Waals surface area (Å²) in [5, 5.41) is 11.3. The lowest BCUT2D eigenvalue weighted by Gasteiger charge is -2.10. The summed E-state index contributed by atoms with van der Waals surface area (Å²) in [4.78, 5) is 33.2. The summed E-state index contributed by atoms with van der Waals surface area (Å²) in [5.74, 6) is -4.84. The Morgan fingerprint density at radius 2 is 1.53 bits per heavy atom. The van der Waals surface area contributed by atoms with Crippen LogP contribution in [0, 0.1) is 5.92 Å². The van der Waals surface area contributed by atoms with E-state index in [1.165, 1.54) is 24.3 Å². The van der Waals surface area contributed by atoms with E-state index in [4.69, 9.17) is 16.6 Å². The van der Waals surface area contributed by atoms with Gasteiger partial charge in [0, 0.05) is 5.69 Å². The molecular formula is C10H11N3O4. The molecule has 0 saturated carbocycles. The number of benzene rings is 1. The van der Waals surface area contributed by atoms with Gasteiger partial charge in [-0.15, -0.1) is 0 Å². The predicted octanol–water partition coefficient (Wildman–Crippen LogP) is -1.08. The molecule has 1 aromatic carbocycles. The number of aromatic hydroxyl groups is 1. The lowest BCUT2D eigenvalue weighted by molar-refractivity contribution is -0.137. The van der Waals surface area contributed by atoms with Crippen LogP contribution in [0.25, 0.3) is 0 Å². The van der Waals surface area contributed by atoms with Crippen molar-refractivity contribution in [2.75, 3.05) is 5.32 Å². The van der Waals surface area contributed by atoms with Crippen LogP contribution in [-0.4, -0.2) is 22.8 Å². The molecule has 0 aliphatic carbocycles. The third kappa shape index (κ3) is 3.20. The third-order valence-electron chi connectivity index (χ3n) is 1.97. The maximum absolute atomic E-state index is 11.5. The fraction of sp³-hybridized carbons (Fsp3) is 0.100. The van der Waals surface area contributed by atoms with Crippen LogP contribution in [0.15, 0.2) is 24.3 Å². The second-order valence-electron chi connectivity index (χ2n) is 3.27. The van der Waals surface area contributed by atoms with Crippen molar-refractivity contribution in [2.45, 2.75) is 0 Å². The summed E-state index contributed by atoms with van der Waals surface area (Å²) in [7, 11) is 0. The maximum atomic E-state index is 11.5. The van der Waals surface area contributed by atoms with Gasteiger partial charge < -0.3 is 21.9 Å². The molecule has 0 radical (unpaired) electrons. The number of nitrogens with two attached hydrogens (primary N) is 2. The molecule has 7 heteroatoms. The maximum Gasteiger partial charge on any atom is 0.246 e. The molecule has 0 bridgehead atoms. The molecule has 7 nitrogen and oxygen atoms in total. The third-order valence-corrected chi connectivity index (χ3v) is 1.97. The van der Waals surface area contributed by atoms with E-state index in [9.17, 15) is 14.4 Å². The molecule has 3 amide bonds. The molecule has 17 heavy (non-hydrogen) atoms. The van der Waals surface area contributed by atoms with Crippen LogP contribution in [0.4, 0.5) is 5.69 Å². The van der Waals surface area contributed by atoms with Gasteiger partial charge in [-0.2, -0.15) is 0 Å². The van der Waals surface area contributed by atoms with Gasteiger partial charge in [0.1, 0.15) is 5.75 Å². The number of carbonyl (C=O) groups excluding carboxylic acids is 3. The number of rotatable bonds is 4. The Kier molecular flexibility index (Phi) is 3.66. The lowest BCUT2D eigenvalue weighted by Crippen LogP contribution is -2.43. The number of carbonyl (C=O) groups is 3. The van der Waals surface area contributed by atoms with Gasteiger partial charge in [-0.3, -0.25) is 14.4 Å². The quantitative estimate of drug-likeness (QED) is 0.391. The number of amides is 3. The van der Waals surface area contributed by atoms with Crippen LogP contribution in [0.3, 0.4) is 0 Å². The first kappa shape index (κ1) is 12.5. The zero-order chi connectivity index (χ0) is 13.0. The summed E-state index contributed by atoms with van der Waals surface area (Å²) in [6.45, 7) is 0. The fourth-order valence-corrected chi connectivity index (χ4v) is 1.16. The average molecular weight is 237 g/mol. The van der Waals surface area contributed by atoms with Gasteiger partial charge in [-0.05, 0) is 24.3 Å². The van der Waals surface area contributed by atoms with E-state index in [1.54, 1.807) is 0 Å². The highest BCUT2D eigenvalue weighted by atomic mass is 16.3.